The van der Waals surface area contributed by atoms with Crippen LogP contribution in [-0.4, -0.2) is 85.5 Å². The number of ether oxygens (including phenoxy) is 1. The molecule has 1 aromatic rings. The number of carbonyl (C=O) groups is 2. The SMILES string of the molecule is O=C(/C=C/c1ccc(Cl)cc1)N1CCN(C(=O)CN2CCOCC2)CC1. The van der Waals surface area contributed by atoms with Gasteiger partial charge in [-0.25, -0.2) is 0 Å². The monoisotopic (exact) mass is 377 g/mol. The quantitative estimate of drug-likeness (QED) is 0.743. The molecule has 140 valence electrons. The molecule has 1 aromatic carbocycles. The third kappa shape index (κ3) is 5.30. The zero-order chi connectivity index (χ0) is 18.4. The van der Waals surface area contributed by atoms with E-state index in [-0.39, 0.29) is 11.8 Å². The standard InChI is InChI=1S/C19H24ClN3O3/c20-17-4-1-16(2-5-17)3-6-18(24)22-7-9-23(10-8-22)19(25)15-21-11-13-26-14-12-21/h1-6H,7-15H2/b6-3+. The lowest BCUT2D eigenvalue weighted by Gasteiger charge is -2.36. The lowest BCUT2D eigenvalue weighted by atomic mass is 10.2. The van der Waals surface area contributed by atoms with Crippen LogP contribution in [0.2, 0.25) is 5.02 Å². The molecule has 0 aromatic heterocycles. The van der Waals surface area contributed by atoms with Gasteiger partial charge >= 0.3 is 0 Å². The van der Waals surface area contributed by atoms with E-state index in [9.17, 15) is 9.59 Å². The van der Waals surface area contributed by atoms with E-state index in [2.05, 4.69) is 4.90 Å². The van der Waals surface area contributed by atoms with Crippen LogP contribution in [0.15, 0.2) is 30.3 Å². The average molecular weight is 378 g/mol. The normalized spacial score (nSPS) is 19.1. The van der Waals surface area contributed by atoms with Gasteiger partial charge in [0, 0.05) is 50.4 Å². The maximum atomic E-state index is 12.4. The van der Waals surface area contributed by atoms with E-state index >= 15 is 0 Å². The van der Waals surface area contributed by atoms with Gasteiger partial charge < -0.3 is 14.5 Å². The summed E-state index contributed by atoms with van der Waals surface area (Å²) in [6.45, 7) is 5.74. The first-order valence-electron chi connectivity index (χ1n) is 8.92. The molecule has 2 aliphatic heterocycles. The predicted octanol–water partition coefficient (Wildman–Crippen LogP) is 1.36. The first kappa shape index (κ1) is 18.9. The number of rotatable bonds is 4. The number of hydrogen-bond acceptors (Lipinski definition) is 4. The summed E-state index contributed by atoms with van der Waals surface area (Å²) in [5.74, 6) is 0.107. The molecule has 7 heteroatoms. The van der Waals surface area contributed by atoms with Crippen molar-refractivity contribution in [3.8, 4) is 0 Å². The van der Waals surface area contributed by atoms with Crippen LogP contribution in [0.5, 0.6) is 0 Å². The third-order valence-corrected chi connectivity index (χ3v) is 4.95. The molecule has 0 atom stereocenters. The molecular formula is C19H24ClN3O3. The number of nitrogens with zero attached hydrogens (tertiary/aromatic N) is 3. The van der Waals surface area contributed by atoms with Crippen molar-refractivity contribution in [2.24, 2.45) is 0 Å². The van der Waals surface area contributed by atoms with Crippen molar-refractivity contribution in [2.75, 3.05) is 59.0 Å². The summed E-state index contributed by atoms with van der Waals surface area (Å²) >= 11 is 5.86. The summed E-state index contributed by atoms with van der Waals surface area (Å²) in [6.07, 6.45) is 3.36. The molecule has 6 nitrogen and oxygen atoms in total. The summed E-state index contributed by atoms with van der Waals surface area (Å²) in [7, 11) is 0. The summed E-state index contributed by atoms with van der Waals surface area (Å²) in [6, 6.07) is 7.33. The number of carbonyl (C=O) groups excluding carboxylic acids is 2. The highest BCUT2D eigenvalue weighted by Gasteiger charge is 2.24. The van der Waals surface area contributed by atoms with E-state index in [0.29, 0.717) is 51.0 Å². The van der Waals surface area contributed by atoms with Crippen LogP contribution in [0.4, 0.5) is 0 Å². The van der Waals surface area contributed by atoms with Crippen LogP contribution in [0.25, 0.3) is 6.08 Å². The fourth-order valence-corrected chi connectivity index (χ4v) is 3.20. The predicted molar refractivity (Wildman–Crippen MR) is 101 cm³/mol. The van der Waals surface area contributed by atoms with Gasteiger partial charge in [0.15, 0.2) is 0 Å². The molecule has 2 saturated heterocycles. The van der Waals surface area contributed by atoms with E-state index in [4.69, 9.17) is 16.3 Å². The first-order chi connectivity index (χ1) is 12.6. The summed E-state index contributed by atoms with van der Waals surface area (Å²) in [4.78, 5) is 30.5. The number of halogens is 1. The zero-order valence-electron chi connectivity index (χ0n) is 14.8. The van der Waals surface area contributed by atoms with Gasteiger partial charge in [-0.2, -0.15) is 0 Å². The van der Waals surface area contributed by atoms with Gasteiger partial charge in [0.25, 0.3) is 0 Å². The molecule has 2 amide bonds. The molecule has 0 spiro atoms. The molecule has 0 saturated carbocycles. The van der Waals surface area contributed by atoms with Crippen molar-refractivity contribution in [1.29, 1.82) is 0 Å². The maximum absolute atomic E-state index is 12.4. The van der Waals surface area contributed by atoms with Crippen molar-refractivity contribution >= 4 is 29.5 Å². The second-order valence-electron chi connectivity index (χ2n) is 6.48. The summed E-state index contributed by atoms with van der Waals surface area (Å²) in [5.41, 5.74) is 0.932. The minimum absolute atomic E-state index is 0.0276. The van der Waals surface area contributed by atoms with Crippen molar-refractivity contribution in [3.05, 3.63) is 40.9 Å². The number of hydrogen-bond donors (Lipinski definition) is 0. The molecule has 26 heavy (non-hydrogen) atoms. The number of amides is 2. The molecule has 0 bridgehead atoms. The number of piperazine rings is 1. The minimum Gasteiger partial charge on any atom is -0.379 e. The summed E-state index contributed by atoms with van der Waals surface area (Å²) < 4.78 is 5.30. The van der Waals surface area contributed by atoms with Crippen LogP contribution < -0.4 is 0 Å². The van der Waals surface area contributed by atoms with Crippen LogP contribution in [0.1, 0.15) is 5.56 Å². The minimum atomic E-state index is -0.0276. The topological polar surface area (TPSA) is 53.1 Å². The van der Waals surface area contributed by atoms with Gasteiger partial charge in [-0.1, -0.05) is 23.7 Å². The molecule has 0 radical (unpaired) electrons. The molecule has 0 aliphatic carbocycles. The van der Waals surface area contributed by atoms with E-state index < -0.39 is 0 Å². The van der Waals surface area contributed by atoms with Crippen LogP contribution in [0, 0.1) is 0 Å². The Hall–Kier alpha value is -1.89. The number of morpholine rings is 1. The van der Waals surface area contributed by atoms with Crippen molar-refractivity contribution in [3.63, 3.8) is 0 Å². The van der Waals surface area contributed by atoms with Gasteiger partial charge in [-0.3, -0.25) is 14.5 Å². The Kier molecular flexibility index (Phi) is 6.66. The second-order valence-corrected chi connectivity index (χ2v) is 6.92. The molecule has 2 aliphatic rings. The molecular weight excluding hydrogens is 354 g/mol. The lowest BCUT2D eigenvalue weighted by molar-refractivity contribution is -0.138. The average Bonchev–Trinajstić information content (AvgIpc) is 2.68. The van der Waals surface area contributed by atoms with Gasteiger partial charge in [0.2, 0.25) is 11.8 Å². The Morgan fingerprint density at radius 1 is 0.962 bits per heavy atom. The molecule has 2 heterocycles. The second kappa shape index (κ2) is 9.16. The summed E-state index contributed by atoms with van der Waals surface area (Å²) in [5, 5.41) is 0.673. The molecule has 0 unspecified atom stereocenters. The largest absolute Gasteiger partial charge is 0.379 e. The zero-order valence-corrected chi connectivity index (χ0v) is 15.5. The smallest absolute Gasteiger partial charge is 0.246 e. The van der Waals surface area contributed by atoms with Crippen molar-refractivity contribution < 1.29 is 14.3 Å². The van der Waals surface area contributed by atoms with Crippen LogP contribution >= 0.6 is 11.6 Å². The van der Waals surface area contributed by atoms with Gasteiger partial charge in [0.1, 0.15) is 0 Å². The van der Waals surface area contributed by atoms with Crippen LogP contribution in [0.3, 0.4) is 0 Å². The van der Waals surface area contributed by atoms with E-state index in [1.807, 2.05) is 17.0 Å². The molecule has 3 rings (SSSR count). The van der Waals surface area contributed by atoms with Gasteiger partial charge in [-0.15, -0.1) is 0 Å². The Balaban J connectivity index is 1.44. The van der Waals surface area contributed by atoms with E-state index in [1.165, 1.54) is 0 Å². The lowest BCUT2D eigenvalue weighted by Crippen LogP contribution is -2.53. The van der Waals surface area contributed by atoms with E-state index in [1.54, 1.807) is 29.2 Å². The Labute approximate surface area is 158 Å². The van der Waals surface area contributed by atoms with Gasteiger partial charge in [-0.05, 0) is 23.8 Å². The Morgan fingerprint density at radius 3 is 2.23 bits per heavy atom. The van der Waals surface area contributed by atoms with Crippen LogP contribution in [-0.2, 0) is 14.3 Å². The Morgan fingerprint density at radius 2 is 1.58 bits per heavy atom. The molecule has 0 N–H and O–H groups in total. The van der Waals surface area contributed by atoms with Crippen molar-refractivity contribution in [1.82, 2.24) is 14.7 Å². The highest BCUT2D eigenvalue weighted by atomic mass is 35.5. The third-order valence-electron chi connectivity index (χ3n) is 4.69. The number of benzene rings is 1. The first-order valence-corrected chi connectivity index (χ1v) is 9.30. The van der Waals surface area contributed by atoms with Crippen molar-refractivity contribution in [2.45, 2.75) is 0 Å². The maximum Gasteiger partial charge on any atom is 0.246 e. The fraction of sp³-hybridized carbons (Fsp3) is 0.474. The highest BCUT2D eigenvalue weighted by molar-refractivity contribution is 6.30. The molecule has 2 fully saturated rings. The fourth-order valence-electron chi connectivity index (χ4n) is 3.07. The Bertz CT molecular complexity index is 648. The van der Waals surface area contributed by atoms with Gasteiger partial charge in [0.05, 0.1) is 19.8 Å². The highest BCUT2D eigenvalue weighted by Crippen LogP contribution is 2.11. The van der Waals surface area contributed by atoms with E-state index in [0.717, 1.165) is 18.7 Å².